The van der Waals surface area contributed by atoms with Crippen molar-refractivity contribution in [3.05, 3.63) is 39.9 Å². The molecular weight excluding hydrogens is 458 g/mol. The largest absolute Gasteiger partial charge is 0.493 e. The van der Waals surface area contributed by atoms with Crippen molar-refractivity contribution in [3.63, 3.8) is 0 Å². The number of nitrogens with zero attached hydrogens (tertiary/aromatic N) is 4. The second kappa shape index (κ2) is 7.88. The van der Waals surface area contributed by atoms with Gasteiger partial charge in [0.2, 0.25) is 11.7 Å². The van der Waals surface area contributed by atoms with Gasteiger partial charge in [-0.2, -0.15) is 0 Å². The summed E-state index contributed by atoms with van der Waals surface area (Å²) in [4.78, 5) is 10.1. The van der Waals surface area contributed by atoms with E-state index in [1.807, 2.05) is 19.1 Å². The maximum Gasteiger partial charge on any atom is 0.245 e. The molecule has 29 heavy (non-hydrogen) atoms. The van der Waals surface area contributed by atoms with Crippen LogP contribution in [0.2, 0.25) is 0 Å². The van der Waals surface area contributed by atoms with Gasteiger partial charge >= 0.3 is 0 Å². The van der Waals surface area contributed by atoms with Crippen LogP contribution in [-0.4, -0.2) is 40.9 Å². The van der Waals surface area contributed by atoms with Crippen LogP contribution < -0.4 is 19.5 Å². The van der Waals surface area contributed by atoms with Crippen LogP contribution in [0.3, 0.4) is 0 Å². The summed E-state index contributed by atoms with van der Waals surface area (Å²) in [7, 11) is 4.71. The zero-order valence-electron chi connectivity index (χ0n) is 16.2. The molecule has 0 bridgehead atoms. The molecule has 0 amide bonds. The number of hydrogen-bond acceptors (Lipinski definition) is 8. The van der Waals surface area contributed by atoms with Crippen LogP contribution in [0, 0.1) is 6.92 Å². The number of imidazole rings is 1. The van der Waals surface area contributed by atoms with Gasteiger partial charge in [0.1, 0.15) is 5.52 Å². The monoisotopic (exact) mass is 475 g/mol. The Morgan fingerprint density at radius 1 is 1.07 bits per heavy atom. The number of thiophene rings is 1. The van der Waals surface area contributed by atoms with E-state index >= 15 is 0 Å². The molecule has 0 spiro atoms. The van der Waals surface area contributed by atoms with Crippen molar-refractivity contribution < 1.29 is 14.2 Å². The fourth-order valence-electron chi connectivity index (χ4n) is 2.96. The molecule has 10 heteroatoms. The zero-order chi connectivity index (χ0) is 20.5. The molecule has 0 unspecified atom stereocenters. The predicted molar refractivity (Wildman–Crippen MR) is 116 cm³/mol. The summed E-state index contributed by atoms with van der Waals surface area (Å²) in [6.45, 7) is 1.94. The molecule has 3 aromatic heterocycles. The standard InChI is InChI=1S/C19H18BrN5O3S/c1-10-12-9-21-19(24-25(12)18(22-10)15-5-6-16(20)29-15)23-11-7-13(26-2)17(28-4)14(8-11)27-3/h5-9H,1-4H3,(H,23,24). The number of fused-ring (bicyclic) bond motifs is 1. The van der Waals surface area contributed by atoms with E-state index in [-0.39, 0.29) is 0 Å². The summed E-state index contributed by atoms with van der Waals surface area (Å²) >= 11 is 5.10. The van der Waals surface area contributed by atoms with Gasteiger partial charge in [0.15, 0.2) is 17.3 Å². The third-order valence-electron chi connectivity index (χ3n) is 4.29. The van der Waals surface area contributed by atoms with Crippen LogP contribution in [0.25, 0.3) is 16.2 Å². The zero-order valence-corrected chi connectivity index (χ0v) is 18.6. The third-order valence-corrected chi connectivity index (χ3v) is 5.91. The number of nitrogens with one attached hydrogen (secondary N) is 1. The van der Waals surface area contributed by atoms with Crippen molar-refractivity contribution in [3.8, 4) is 28.0 Å². The van der Waals surface area contributed by atoms with Crippen molar-refractivity contribution in [2.45, 2.75) is 6.92 Å². The van der Waals surface area contributed by atoms with Crippen molar-refractivity contribution in [1.82, 2.24) is 19.6 Å². The van der Waals surface area contributed by atoms with Crippen LogP contribution in [-0.2, 0) is 0 Å². The van der Waals surface area contributed by atoms with Crippen molar-refractivity contribution >= 4 is 44.4 Å². The molecule has 0 aliphatic heterocycles. The fraction of sp³-hybridized carbons (Fsp3) is 0.211. The molecule has 150 valence electrons. The van der Waals surface area contributed by atoms with Gasteiger partial charge in [0, 0.05) is 17.8 Å². The highest BCUT2D eigenvalue weighted by molar-refractivity contribution is 9.11. The lowest BCUT2D eigenvalue weighted by molar-refractivity contribution is 0.324. The van der Waals surface area contributed by atoms with Gasteiger partial charge in [-0.15, -0.1) is 16.4 Å². The van der Waals surface area contributed by atoms with Crippen LogP contribution in [0.1, 0.15) is 5.69 Å². The Bertz CT molecular complexity index is 1170. The first-order valence-electron chi connectivity index (χ1n) is 8.59. The molecule has 4 aromatic rings. The van der Waals surface area contributed by atoms with Gasteiger partial charge in [0.25, 0.3) is 0 Å². The minimum atomic E-state index is 0.418. The number of methoxy groups -OCH3 is 3. The average molecular weight is 476 g/mol. The molecule has 0 aliphatic rings. The van der Waals surface area contributed by atoms with Crippen molar-refractivity contribution in [2.75, 3.05) is 26.6 Å². The second-order valence-electron chi connectivity index (χ2n) is 6.04. The Balaban J connectivity index is 1.76. The van der Waals surface area contributed by atoms with E-state index in [0.717, 1.165) is 25.7 Å². The van der Waals surface area contributed by atoms with Crippen molar-refractivity contribution in [2.24, 2.45) is 0 Å². The maximum absolute atomic E-state index is 5.41. The molecule has 0 radical (unpaired) electrons. The molecule has 8 nitrogen and oxygen atoms in total. The van der Waals surface area contributed by atoms with Gasteiger partial charge in [-0.05, 0) is 35.0 Å². The minimum Gasteiger partial charge on any atom is -0.493 e. The summed E-state index contributed by atoms with van der Waals surface area (Å²) in [5.74, 6) is 2.79. The van der Waals surface area contributed by atoms with Gasteiger partial charge in [-0.25, -0.2) is 14.5 Å². The lowest BCUT2D eigenvalue weighted by Crippen LogP contribution is -2.04. The predicted octanol–water partition coefficient (Wildman–Crippen LogP) is 4.69. The molecule has 4 rings (SSSR count). The van der Waals surface area contributed by atoms with E-state index < -0.39 is 0 Å². The quantitative estimate of drug-likeness (QED) is 0.432. The Morgan fingerprint density at radius 2 is 1.79 bits per heavy atom. The number of aromatic nitrogens is 4. The number of aryl methyl sites for hydroxylation is 1. The van der Waals surface area contributed by atoms with Crippen molar-refractivity contribution in [1.29, 1.82) is 0 Å². The van der Waals surface area contributed by atoms with E-state index in [2.05, 4.69) is 36.3 Å². The molecule has 0 fully saturated rings. The Kier molecular flexibility index (Phi) is 5.29. The number of halogens is 1. The first kappa shape index (κ1) is 19.5. The van der Waals surface area contributed by atoms with Gasteiger partial charge < -0.3 is 19.5 Å². The minimum absolute atomic E-state index is 0.418. The van der Waals surface area contributed by atoms with E-state index in [0.29, 0.717) is 28.9 Å². The van der Waals surface area contributed by atoms with Gasteiger partial charge in [-0.1, -0.05) is 0 Å². The SMILES string of the molecule is COc1cc(Nc2ncc3c(C)nc(-c4ccc(Br)s4)n3n2)cc(OC)c1OC. The topological polar surface area (TPSA) is 82.8 Å². The molecule has 1 aromatic carbocycles. The smallest absolute Gasteiger partial charge is 0.245 e. The molecule has 0 atom stereocenters. The number of anilines is 2. The van der Waals surface area contributed by atoms with E-state index in [1.165, 1.54) is 0 Å². The van der Waals surface area contributed by atoms with Gasteiger partial charge in [0.05, 0.1) is 41.9 Å². The average Bonchev–Trinajstić information content (AvgIpc) is 3.30. The number of hydrogen-bond donors (Lipinski definition) is 1. The Hall–Kier alpha value is -2.85. The summed E-state index contributed by atoms with van der Waals surface area (Å²) in [6.07, 6.45) is 1.75. The summed E-state index contributed by atoms with van der Waals surface area (Å²) < 4.78 is 19.0. The maximum atomic E-state index is 5.41. The summed E-state index contributed by atoms with van der Waals surface area (Å²) in [5.41, 5.74) is 2.42. The molecule has 0 saturated carbocycles. The van der Waals surface area contributed by atoms with E-state index in [4.69, 9.17) is 14.2 Å². The number of benzene rings is 1. The van der Waals surface area contributed by atoms with Crippen LogP contribution in [0.15, 0.2) is 34.2 Å². The van der Waals surface area contributed by atoms with Crippen LogP contribution in [0.4, 0.5) is 11.6 Å². The van der Waals surface area contributed by atoms with Crippen LogP contribution in [0.5, 0.6) is 17.2 Å². The van der Waals surface area contributed by atoms with Crippen LogP contribution >= 0.6 is 27.3 Å². The molecule has 1 N–H and O–H groups in total. The molecular formula is C19H18BrN5O3S. The highest BCUT2D eigenvalue weighted by Crippen LogP contribution is 2.40. The van der Waals surface area contributed by atoms with Gasteiger partial charge in [-0.3, -0.25) is 0 Å². The number of ether oxygens (including phenoxy) is 3. The molecule has 0 aliphatic carbocycles. The fourth-order valence-corrected chi connectivity index (χ4v) is 4.32. The summed E-state index contributed by atoms with van der Waals surface area (Å²) in [5, 5.41) is 7.84. The first-order chi connectivity index (χ1) is 14.0. The second-order valence-corrected chi connectivity index (χ2v) is 8.51. The Morgan fingerprint density at radius 3 is 2.38 bits per heavy atom. The highest BCUT2D eigenvalue weighted by atomic mass is 79.9. The molecule has 0 saturated heterocycles. The highest BCUT2D eigenvalue weighted by Gasteiger charge is 2.16. The number of rotatable bonds is 6. The van der Waals surface area contributed by atoms with E-state index in [9.17, 15) is 0 Å². The third kappa shape index (κ3) is 3.60. The summed E-state index contributed by atoms with van der Waals surface area (Å²) in [6, 6.07) is 7.60. The first-order valence-corrected chi connectivity index (χ1v) is 10.2. The Labute approximate surface area is 179 Å². The lowest BCUT2D eigenvalue weighted by atomic mass is 10.2. The lowest BCUT2D eigenvalue weighted by Gasteiger charge is -2.14. The molecule has 3 heterocycles. The normalized spacial score (nSPS) is 10.9. The van der Waals surface area contributed by atoms with E-state index in [1.54, 1.807) is 55.5 Å².